The van der Waals surface area contributed by atoms with Gasteiger partial charge in [0.25, 0.3) is 0 Å². The fraction of sp³-hybridized carbons (Fsp3) is 0.278. The van der Waals surface area contributed by atoms with E-state index in [0.717, 1.165) is 0 Å². The van der Waals surface area contributed by atoms with Gasteiger partial charge < -0.3 is 14.2 Å². The molecule has 6 heteroatoms. The van der Waals surface area contributed by atoms with Crippen LogP contribution in [-0.4, -0.2) is 31.2 Å². The van der Waals surface area contributed by atoms with Crippen LogP contribution in [0.3, 0.4) is 0 Å². The van der Waals surface area contributed by atoms with Crippen molar-refractivity contribution in [2.24, 2.45) is 0 Å². The molecule has 3 rings (SSSR count). The van der Waals surface area contributed by atoms with Crippen molar-refractivity contribution >= 4 is 29.5 Å². The molecule has 24 heavy (non-hydrogen) atoms. The van der Waals surface area contributed by atoms with Crippen LogP contribution in [0.5, 0.6) is 17.2 Å². The molecule has 0 saturated carbocycles. The quantitative estimate of drug-likeness (QED) is 0.568. The molecule has 1 aliphatic rings. The van der Waals surface area contributed by atoms with Gasteiger partial charge >= 0.3 is 5.97 Å². The highest BCUT2D eigenvalue weighted by atomic mass is 32.2. The molecule has 0 atom stereocenters. The van der Waals surface area contributed by atoms with Crippen molar-refractivity contribution in [1.29, 1.82) is 0 Å². The molecule has 0 aliphatic carbocycles. The Labute approximate surface area is 149 Å². The SMILES string of the molecule is COc1ccc(OC(=O)COc2ccc(C3SCCS3)cc2)cc1. The molecule has 0 bridgehead atoms. The molecule has 0 N–H and O–H groups in total. The van der Waals surface area contributed by atoms with Crippen LogP contribution in [0.1, 0.15) is 10.1 Å². The van der Waals surface area contributed by atoms with E-state index in [2.05, 4.69) is 12.1 Å². The van der Waals surface area contributed by atoms with Crippen LogP contribution in [-0.2, 0) is 4.79 Å². The van der Waals surface area contributed by atoms with Crippen molar-refractivity contribution in [3.63, 3.8) is 0 Å². The van der Waals surface area contributed by atoms with Crippen LogP contribution in [0.4, 0.5) is 0 Å². The highest BCUT2D eigenvalue weighted by molar-refractivity contribution is 8.19. The largest absolute Gasteiger partial charge is 0.497 e. The van der Waals surface area contributed by atoms with Crippen molar-refractivity contribution < 1.29 is 19.0 Å². The first-order valence-corrected chi connectivity index (χ1v) is 9.65. The third-order valence-electron chi connectivity index (χ3n) is 3.42. The van der Waals surface area contributed by atoms with Crippen molar-refractivity contribution in [1.82, 2.24) is 0 Å². The summed E-state index contributed by atoms with van der Waals surface area (Å²) in [7, 11) is 1.59. The standard InChI is InChI=1S/C18H18O4S2/c1-20-14-6-8-16(9-7-14)22-17(19)12-21-15-4-2-13(3-5-15)18-23-10-11-24-18/h2-9,18H,10-12H2,1H3. The first-order valence-electron chi connectivity index (χ1n) is 7.55. The average molecular weight is 362 g/mol. The number of carbonyl (C=O) groups excluding carboxylic acids is 1. The summed E-state index contributed by atoms with van der Waals surface area (Å²) in [6, 6.07) is 14.7. The summed E-state index contributed by atoms with van der Waals surface area (Å²) in [5.41, 5.74) is 1.29. The van der Waals surface area contributed by atoms with E-state index in [9.17, 15) is 4.79 Å². The summed E-state index contributed by atoms with van der Waals surface area (Å²) in [6.45, 7) is -0.127. The molecule has 1 heterocycles. The van der Waals surface area contributed by atoms with E-state index < -0.39 is 5.97 Å². The summed E-state index contributed by atoms with van der Waals surface area (Å²) in [5, 5.41) is 0. The Morgan fingerprint density at radius 3 is 2.17 bits per heavy atom. The normalized spacial score (nSPS) is 14.4. The van der Waals surface area contributed by atoms with Crippen LogP contribution in [0.15, 0.2) is 48.5 Å². The minimum atomic E-state index is -0.439. The Hall–Kier alpha value is -1.79. The Morgan fingerprint density at radius 1 is 0.958 bits per heavy atom. The van der Waals surface area contributed by atoms with E-state index in [1.807, 2.05) is 35.7 Å². The number of rotatable bonds is 6. The molecule has 0 radical (unpaired) electrons. The minimum Gasteiger partial charge on any atom is -0.497 e. The lowest BCUT2D eigenvalue weighted by molar-refractivity contribution is -0.136. The lowest BCUT2D eigenvalue weighted by Gasteiger charge is -2.10. The summed E-state index contributed by atoms with van der Waals surface area (Å²) in [4.78, 5) is 11.8. The van der Waals surface area contributed by atoms with E-state index in [4.69, 9.17) is 14.2 Å². The maximum absolute atomic E-state index is 11.8. The van der Waals surface area contributed by atoms with Gasteiger partial charge in [-0.2, -0.15) is 0 Å². The van der Waals surface area contributed by atoms with Gasteiger partial charge in [-0.25, -0.2) is 4.79 Å². The summed E-state index contributed by atoms with van der Waals surface area (Å²) in [5.74, 6) is 3.81. The fourth-order valence-corrected chi connectivity index (χ4v) is 5.08. The fourth-order valence-electron chi connectivity index (χ4n) is 2.22. The van der Waals surface area contributed by atoms with Crippen LogP contribution in [0, 0.1) is 0 Å². The van der Waals surface area contributed by atoms with Gasteiger partial charge in [-0.3, -0.25) is 0 Å². The third-order valence-corrected chi connectivity index (χ3v) is 6.53. The van der Waals surface area contributed by atoms with Crippen LogP contribution in [0.2, 0.25) is 0 Å². The van der Waals surface area contributed by atoms with Gasteiger partial charge in [0.15, 0.2) is 6.61 Å². The zero-order chi connectivity index (χ0) is 16.8. The maximum atomic E-state index is 11.8. The smallest absolute Gasteiger partial charge is 0.349 e. The Morgan fingerprint density at radius 2 is 1.54 bits per heavy atom. The molecule has 4 nitrogen and oxygen atoms in total. The third kappa shape index (κ3) is 4.61. The van der Waals surface area contributed by atoms with Gasteiger partial charge in [0.1, 0.15) is 17.2 Å². The molecule has 1 aliphatic heterocycles. The lowest BCUT2D eigenvalue weighted by atomic mass is 10.2. The molecule has 1 saturated heterocycles. The number of esters is 1. The zero-order valence-corrected chi connectivity index (χ0v) is 14.9. The van der Waals surface area contributed by atoms with Crippen LogP contribution < -0.4 is 14.2 Å². The minimum absolute atomic E-state index is 0.127. The molecule has 0 spiro atoms. The first kappa shape index (κ1) is 17.0. The van der Waals surface area contributed by atoms with Gasteiger partial charge in [-0.15, -0.1) is 23.5 Å². The van der Waals surface area contributed by atoms with E-state index in [-0.39, 0.29) is 6.61 Å². The van der Waals surface area contributed by atoms with Crippen LogP contribution >= 0.6 is 23.5 Å². The first-order chi connectivity index (χ1) is 11.7. The molecule has 126 valence electrons. The lowest BCUT2D eigenvalue weighted by Crippen LogP contribution is -2.17. The number of carbonyl (C=O) groups is 1. The molecule has 0 amide bonds. The Balaban J connectivity index is 1.48. The summed E-state index contributed by atoms with van der Waals surface area (Å²) in [6.07, 6.45) is 0. The maximum Gasteiger partial charge on any atom is 0.349 e. The molecule has 1 fully saturated rings. The topological polar surface area (TPSA) is 44.8 Å². The molecule has 2 aromatic rings. The van der Waals surface area contributed by atoms with Crippen molar-refractivity contribution in [2.75, 3.05) is 25.2 Å². The predicted molar refractivity (Wildman–Crippen MR) is 98.2 cm³/mol. The highest BCUT2D eigenvalue weighted by Gasteiger charge is 2.18. The number of thioether (sulfide) groups is 2. The Kier molecular flexibility index (Phi) is 5.93. The number of methoxy groups -OCH3 is 1. The van der Waals surface area contributed by atoms with Crippen LogP contribution in [0.25, 0.3) is 0 Å². The number of benzene rings is 2. The van der Waals surface area contributed by atoms with Gasteiger partial charge in [-0.05, 0) is 42.0 Å². The second kappa shape index (κ2) is 8.35. The van der Waals surface area contributed by atoms with Crippen molar-refractivity contribution in [3.05, 3.63) is 54.1 Å². The summed E-state index contributed by atoms with van der Waals surface area (Å²) >= 11 is 3.92. The van der Waals surface area contributed by atoms with E-state index >= 15 is 0 Å². The van der Waals surface area contributed by atoms with E-state index in [0.29, 0.717) is 21.8 Å². The molecule has 0 unspecified atom stereocenters. The molecule has 0 aromatic heterocycles. The van der Waals surface area contributed by atoms with Crippen molar-refractivity contribution in [3.8, 4) is 17.2 Å². The van der Waals surface area contributed by atoms with Gasteiger partial charge in [0.2, 0.25) is 0 Å². The molecular weight excluding hydrogens is 344 g/mol. The number of ether oxygens (including phenoxy) is 3. The summed E-state index contributed by atoms with van der Waals surface area (Å²) < 4.78 is 16.3. The average Bonchev–Trinajstić information content (AvgIpc) is 3.16. The zero-order valence-electron chi connectivity index (χ0n) is 13.3. The van der Waals surface area contributed by atoms with Gasteiger partial charge in [0, 0.05) is 11.5 Å². The van der Waals surface area contributed by atoms with Gasteiger partial charge in [-0.1, -0.05) is 12.1 Å². The predicted octanol–water partition coefficient (Wildman–Crippen LogP) is 4.16. The number of hydrogen-bond donors (Lipinski definition) is 0. The number of hydrogen-bond acceptors (Lipinski definition) is 6. The van der Waals surface area contributed by atoms with Gasteiger partial charge in [0.05, 0.1) is 11.7 Å². The molecule has 2 aromatic carbocycles. The second-order valence-electron chi connectivity index (χ2n) is 5.08. The monoisotopic (exact) mass is 362 g/mol. The van der Waals surface area contributed by atoms with Crippen molar-refractivity contribution in [2.45, 2.75) is 4.58 Å². The van der Waals surface area contributed by atoms with E-state index in [1.165, 1.54) is 17.1 Å². The highest BCUT2D eigenvalue weighted by Crippen LogP contribution is 2.45. The van der Waals surface area contributed by atoms with E-state index in [1.54, 1.807) is 31.4 Å². The molecular formula is C18H18O4S2. The Bertz CT molecular complexity index is 664. The second-order valence-corrected chi connectivity index (χ2v) is 7.81.